The van der Waals surface area contributed by atoms with Crippen molar-refractivity contribution in [2.24, 2.45) is 0 Å². The average molecular weight is 352 g/mol. The lowest BCUT2D eigenvalue weighted by Crippen LogP contribution is -2.16. The van der Waals surface area contributed by atoms with Gasteiger partial charge in [-0.25, -0.2) is 0 Å². The van der Waals surface area contributed by atoms with Gasteiger partial charge < -0.3 is 14.8 Å². The van der Waals surface area contributed by atoms with Crippen LogP contribution in [0, 0.1) is 0 Å². The first-order valence-corrected chi connectivity index (χ1v) is 8.48. The highest BCUT2D eigenvalue weighted by Crippen LogP contribution is 2.21. The second kappa shape index (κ2) is 7.91. The molecule has 2 aromatic rings. The number of nitrogens with one attached hydrogen (secondary N) is 1. The zero-order valence-corrected chi connectivity index (χ0v) is 14.2. The maximum Gasteiger partial charge on any atom is 0.119 e. The molecule has 1 saturated heterocycles. The van der Waals surface area contributed by atoms with Crippen molar-refractivity contribution in [2.75, 3.05) is 18.5 Å². The summed E-state index contributed by atoms with van der Waals surface area (Å²) in [7, 11) is 0. The van der Waals surface area contributed by atoms with Gasteiger partial charge in [-0.2, -0.15) is 0 Å². The van der Waals surface area contributed by atoms with E-state index in [1.807, 2.05) is 36.4 Å². The summed E-state index contributed by atoms with van der Waals surface area (Å²) in [6.45, 7) is 2.13. The van der Waals surface area contributed by atoms with Crippen LogP contribution in [0.4, 0.5) is 5.69 Å². The third kappa shape index (κ3) is 5.03. The summed E-state index contributed by atoms with van der Waals surface area (Å²) in [5, 5.41) is 4.63. The van der Waals surface area contributed by atoms with Crippen LogP contribution in [0.3, 0.4) is 0 Å². The lowest BCUT2D eigenvalue weighted by Gasteiger charge is -2.12. The van der Waals surface area contributed by atoms with Crippen LogP contribution in [0.5, 0.6) is 5.75 Å². The molecule has 2 aromatic carbocycles. The molecule has 0 aliphatic carbocycles. The lowest BCUT2D eigenvalue weighted by atomic mass is 10.2. The van der Waals surface area contributed by atoms with E-state index in [1.54, 1.807) is 6.07 Å². The zero-order valence-electron chi connectivity index (χ0n) is 12.7. The maximum atomic E-state index is 6.00. The van der Waals surface area contributed by atoms with Gasteiger partial charge in [0.2, 0.25) is 0 Å². The minimum atomic E-state index is 0.236. The van der Waals surface area contributed by atoms with Crippen LogP contribution in [-0.4, -0.2) is 19.3 Å². The Balaban J connectivity index is 1.50. The third-order valence-electron chi connectivity index (χ3n) is 3.73. The predicted molar refractivity (Wildman–Crippen MR) is 94.7 cm³/mol. The van der Waals surface area contributed by atoms with Crippen LogP contribution in [0.15, 0.2) is 42.5 Å². The molecule has 1 aliphatic rings. The molecule has 23 heavy (non-hydrogen) atoms. The summed E-state index contributed by atoms with van der Waals surface area (Å²) in [5.41, 5.74) is 2.06. The monoisotopic (exact) mass is 351 g/mol. The smallest absolute Gasteiger partial charge is 0.119 e. The topological polar surface area (TPSA) is 30.5 Å². The Labute approximate surface area is 146 Å². The van der Waals surface area contributed by atoms with E-state index in [9.17, 15) is 0 Å². The van der Waals surface area contributed by atoms with Gasteiger partial charge in [-0.1, -0.05) is 23.2 Å². The second-order valence-corrected chi connectivity index (χ2v) is 6.47. The largest absolute Gasteiger partial charge is 0.491 e. The van der Waals surface area contributed by atoms with Gasteiger partial charge >= 0.3 is 0 Å². The Morgan fingerprint density at radius 2 is 1.83 bits per heavy atom. The van der Waals surface area contributed by atoms with Crippen LogP contribution in [0.1, 0.15) is 18.4 Å². The fraction of sp³-hybridized carbons (Fsp3) is 0.333. The first-order valence-electron chi connectivity index (χ1n) is 7.72. The molecule has 0 spiro atoms. The molecule has 0 aromatic heterocycles. The van der Waals surface area contributed by atoms with E-state index in [1.165, 1.54) is 0 Å². The molecule has 0 radical (unpaired) electrons. The van der Waals surface area contributed by atoms with E-state index in [-0.39, 0.29) is 6.10 Å². The van der Waals surface area contributed by atoms with Gasteiger partial charge in [0.15, 0.2) is 0 Å². The molecule has 0 unspecified atom stereocenters. The van der Waals surface area contributed by atoms with Crippen LogP contribution in [-0.2, 0) is 11.3 Å². The van der Waals surface area contributed by atoms with Crippen LogP contribution >= 0.6 is 23.2 Å². The van der Waals surface area contributed by atoms with Gasteiger partial charge in [-0.05, 0) is 60.9 Å². The molecule has 1 atom stereocenters. The summed E-state index contributed by atoms with van der Waals surface area (Å²) in [5.74, 6) is 0.858. The minimum absolute atomic E-state index is 0.236. The van der Waals surface area contributed by atoms with Crippen LogP contribution < -0.4 is 10.1 Å². The van der Waals surface area contributed by atoms with Crippen molar-refractivity contribution in [3.63, 3.8) is 0 Å². The highest BCUT2D eigenvalue weighted by Gasteiger charge is 2.15. The molecule has 1 aliphatic heterocycles. The number of hydrogen-bond donors (Lipinski definition) is 1. The van der Waals surface area contributed by atoms with E-state index in [2.05, 4.69) is 5.32 Å². The number of hydrogen-bond acceptors (Lipinski definition) is 3. The van der Waals surface area contributed by atoms with E-state index in [4.69, 9.17) is 32.7 Å². The second-order valence-electron chi connectivity index (χ2n) is 5.60. The Morgan fingerprint density at radius 1 is 1.09 bits per heavy atom. The number of ether oxygens (including phenoxy) is 2. The van der Waals surface area contributed by atoms with Gasteiger partial charge in [-0.15, -0.1) is 0 Å². The Bertz CT molecular complexity index is 620. The fourth-order valence-corrected chi connectivity index (χ4v) is 3.12. The Morgan fingerprint density at radius 3 is 2.48 bits per heavy atom. The van der Waals surface area contributed by atoms with E-state index < -0.39 is 0 Å². The maximum absolute atomic E-state index is 6.00. The van der Waals surface area contributed by atoms with Crippen molar-refractivity contribution < 1.29 is 9.47 Å². The van der Waals surface area contributed by atoms with Crippen molar-refractivity contribution in [1.29, 1.82) is 0 Å². The molecule has 1 heterocycles. The molecular weight excluding hydrogens is 333 g/mol. The van der Waals surface area contributed by atoms with Gasteiger partial charge in [0.1, 0.15) is 12.4 Å². The minimum Gasteiger partial charge on any atom is -0.491 e. The summed E-state index contributed by atoms with van der Waals surface area (Å²) >= 11 is 12.0. The molecule has 1 N–H and O–H groups in total. The fourth-order valence-electron chi connectivity index (χ4n) is 2.55. The van der Waals surface area contributed by atoms with Crippen molar-refractivity contribution >= 4 is 28.9 Å². The molecular formula is C18H19Cl2NO2. The van der Waals surface area contributed by atoms with Crippen molar-refractivity contribution in [3.8, 4) is 5.75 Å². The predicted octanol–water partition coefficient (Wildman–Crippen LogP) is 5.16. The van der Waals surface area contributed by atoms with Crippen molar-refractivity contribution in [2.45, 2.75) is 25.5 Å². The normalized spacial score (nSPS) is 17.2. The molecule has 3 nitrogen and oxygen atoms in total. The van der Waals surface area contributed by atoms with Crippen molar-refractivity contribution in [1.82, 2.24) is 0 Å². The summed E-state index contributed by atoms with van der Waals surface area (Å²) in [6.07, 6.45) is 2.45. The van der Waals surface area contributed by atoms with Crippen LogP contribution in [0.2, 0.25) is 10.0 Å². The SMILES string of the molecule is Clc1cc(Cl)cc(CNc2ccc(OC[C@H]3CCCO3)cc2)c1. The van der Waals surface area contributed by atoms with E-state index >= 15 is 0 Å². The molecule has 1 fully saturated rings. The van der Waals surface area contributed by atoms with Gasteiger partial charge in [0.05, 0.1) is 6.10 Å². The zero-order chi connectivity index (χ0) is 16.1. The molecule has 0 amide bonds. The van der Waals surface area contributed by atoms with E-state index in [0.29, 0.717) is 23.2 Å². The van der Waals surface area contributed by atoms with Gasteiger partial charge in [-0.3, -0.25) is 0 Å². The van der Waals surface area contributed by atoms with Gasteiger partial charge in [0, 0.05) is 28.9 Å². The van der Waals surface area contributed by atoms with E-state index in [0.717, 1.165) is 36.4 Å². The number of benzene rings is 2. The van der Waals surface area contributed by atoms with Gasteiger partial charge in [0.25, 0.3) is 0 Å². The number of halogens is 2. The Hall–Kier alpha value is -1.42. The molecule has 122 valence electrons. The summed E-state index contributed by atoms with van der Waals surface area (Å²) < 4.78 is 11.3. The standard InChI is InChI=1S/C18H19Cl2NO2/c19-14-8-13(9-15(20)10-14)11-21-16-3-5-17(6-4-16)23-12-18-2-1-7-22-18/h3-6,8-10,18,21H,1-2,7,11-12H2/t18-/m1/s1. The third-order valence-corrected chi connectivity index (χ3v) is 4.17. The van der Waals surface area contributed by atoms with Crippen LogP contribution in [0.25, 0.3) is 0 Å². The first kappa shape index (κ1) is 16.4. The molecule has 0 bridgehead atoms. The molecule has 5 heteroatoms. The summed E-state index contributed by atoms with van der Waals surface area (Å²) in [4.78, 5) is 0. The summed E-state index contributed by atoms with van der Waals surface area (Å²) in [6, 6.07) is 13.4. The first-order chi connectivity index (χ1) is 11.2. The molecule has 3 rings (SSSR count). The number of rotatable bonds is 6. The molecule has 0 saturated carbocycles. The average Bonchev–Trinajstić information content (AvgIpc) is 3.04. The number of anilines is 1. The highest BCUT2D eigenvalue weighted by atomic mass is 35.5. The van der Waals surface area contributed by atoms with Crippen molar-refractivity contribution in [3.05, 3.63) is 58.1 Å². The highest BCUT2D eigenvalue weighted by molar-refractivity contribution is 6.34. The quantitative estimate of drug-likeness (QED) is 0.779. The Kier molecular flexibility index (Phi) is 5.65. The lowest BCUT2D eigenvalue weighted by molar-refractivity contribution is 0.0679.